The number of alkyl halides is 3. The molecule has 2 heterocycles. The highest BCUT2D eigenvalue weighted by Crippen LogP contribution is 2.36. The maximum Gasteiger partial charge on any atom is 0.471 e. The lowest BCUT2D eigenvalue weighted by molar-refractivity contribution is -0.142. The number of hydrogen-bond acceptors (Lipinski definition) is 8. The van der Waals surface area contributed by atoms with Gasteiger partial charge in [0.05, 0.1) is 35.8 Å². The molecule has 0 spiro atoms. The summed E-state index contributed by atoms with van der Waals surface area (Å²) in [4.78, 5) is 47.9. The molecule has 2 aromatic heterocycles. The van der Waals surface area contributed by atoms with Gasteiger partial charge in [-0.1, -0.05) is 29.8 Å². The Labute approximate surface area is 235 Å². The number of ether oxygens (including phenoxy) is 1. The van der Waals surface area contributed by atoms with Crippen molar-refractivity contribution in [1.82, 2.24) is 19.3 Å². The van der Waals surface area contributed by atoms with Crippen LogP contribution in [0.1, 0.15) is 28.1 Å². The maximum absolute atomic E-state index is 13.8. The van der Waals surface area contributed by atoms with Gasteiger partial charge >= 0.3 is 14.0 Å². The first-order valence-corrected chi connectivity index (χ1v) is 13.4. The van der Waals surface area contributed by atoms with E-state index in [9.17, 15) is 32.6 Å². The van der Waals surface area contributed by atoms with Crippen molar-refractivity contribution < 1.29 is 36.8 Å². The Balaban J connectivity index is 1.83. The largest absolute Gasteiger partial charge is 0.471 e. The Hall–Kier alpha value is -4.61. The molecular formula is C26H21F3N5O7P. The van der Waals surface area contributed by atoms with E-state index < -0.39 is 49.8 Å². The zero-order chi connectivity index (χ0) is 30.8. The third-order valence-corrected chi connectivity index (χ3v) is 6.18. The average Bonchev–Trinajstić information content (AvgIpc) is 2.90. The standard InChI is InChI=1S/C26H21F3N5O7P/c1-15-3-5-18(6-4-15)21-10-19(32-34(24(21)35)14-40-42(37,38)39)12-33-13-31-23(26(27,28)29)22(25(33)36)41-20-8-16(2)7-17(9-20)11-30/h3-10,13H,12,14H2,1-2H3,(H2,37,38,39). The number of aryl methyl sites for hydroxylation is 2. The zero-order valence-corrected chi connectivity index (χ0v) is 22.8. The van der Waals surface area contributed by atoms with Gasteiger partial charge in [-0.15, -0.1) is 0 Å². The molecule has 4 aromatic rings. The van der Waals surface area contributed by atoms with Crippen molar-refractivity contribution >= 4 is 7.82 Å². The fraction of sp³-hybridized carbons (Fsp3) is 0.192. The van der Waals surface area contributed by atoms with Crippen molar-refractivity contribution in [3.05, 3.63) is 104 Å². The summed E-state index contributed by atoms with van der Waals surface area (Å²) in [6.45, 7) is 1.92. The van der Waals surface area contributed by atoms with Crippen molar-refractivity contribution in [2.24, 2.45) is 0 Å². The van der Waals surface area contributed by atoms with Gasteiger partial charge in [-0.3, -0.25) is 18.7 Å². The molecule has 0 bridgehead atoms. The van der Waals surface area contributed by atoms with Gasteiger partial charge in [0.15, 0.2) is 12.4 Å². The number of rotatable bonds is 8. The fourth-order valence-electron chi connectivity index (χ4n) is 3.87. The predicted octanol–water partition coefficient (Wildman–Crippen LogP) is 3.88. The summed E-state index contributed by atoms with van der Waals surface area (Å²) < 4.78 is 63.7. The summed E-state index contributed by atoms with van der Waals surface area (Å²) in [6, 6.07) is 13.8. The number of phosphoric acid groups is 1. The van der Waals surface area contributed by atoms with Crippen LogP contribution in [0.3, 0.4) is 0 Å². The molecule has 0 fully saturated rings. The molecule has 0 radical (unpaired) electrons. The van der Waals surface area contributed by atoms with Gasteiger partial charge in [-0.05, 0) is 49.2 Å². The first kappa shape index (κ1) is 30.4. The summed E-state index contributed by atoms with van der Waals surface area (Å²) >= 11 is 0. The van der Waals surface area contributed by atoms with Gasteiger partial charge in [-0.2, -0.15) is 23.5 Å². The Kier molecular flexibility index (Phi) is 8.46. The number of aromatic nitrogens is 4. The van der Waals surface area contributed by atoms with Gasteiger partial charge in [0.2, 0.25) is 5.75 Å². The van der Waals surface area contributed by atoms with Crippen LogP contribution in [0.5, 0.6) is 11.5 Å². The van der Waals surface area contributed by atoms with Gasteiger partial charge in [0, 0.05) is 0 Å². The van der Waals surface area contributed by atoms with Crippen LogP contribution >= 0.6 is 7.82 Å². The molecule has 0 saturated heterocycles. The molecule has 12 nitrogen and oxygen atoms in total. The van der Waals surface area contributed by atoms with Crippen molar-refractivity contribution in [3.63, 3.8) is 0 Å². The number of nitrogens with zero attached hydrogens (tertiary/aromatic N) is 5. The Morgan fingerprint density at radius 1 is 1.02 bits per heavy atom. The lowest BCUT2D eigenvalue weighted by Crippen LogP contribution is -2.30. The summed E-state index contributed by atoms with van der Waals surface area (Å²) in [5.41, 5.74) is -1.82. The van der Waals surface area contributed by atoms with E-state index in [1.165, 1.54) is 18.2 Å². The average molecular weight is 603 g/mol. The second-order valence-electron chi connectivity index (χ2n) is 9.07. The Morgan fingerprint density at radius 2 is 1.71 bits per heavy atom. The van der Waals surface area contributed by atoms with Gasteiger partial charge in [0.1, 0.15) is 5.75 Å². The lowest BCUT2D eigenvalue weighted by Gasteiger charge is -2.16. The number of nitriles is 1. The lowest BCUT2D eigenvalue weighted by atomic mass is 10.1. The Bertz CT molecular complexity index is 1860. The van der Waals surface area contributed by atoms with Gasteiger partial charge in [0.25, 0.3) is 11.1 Å². The summed E-state index contributed by atoms with van der Waals surface area (Å²) in [5, 5.41) is 13.2. The quantitative estimate of drug-likeness (QED) is 0.282. The summed E-state index contributed by atoms with van der Waals surface area (Å²) in [5.74, 6) is -1.35. The van der Waals surface area contributed by atoms with Gasteiger partial charge < -0.3 is 14.5 Å². The topological polar surface area (TPSA) is 170 Å². The van der Waals surface area contributed by atoms with Crippen molar-refractivity contribution in [1.29, 1.82) is 5.26 Å². The molecule has 218 valence electrons. The minimum atomic E-state index is -5.07. The van der Waals surface area contributed by atoms with E-state index >= 15 is 0 Å². The van der Waals surface area contributed by atoms with Crippen LogP contribution in [0.2, 0.25) is 0 Å². The van der Waals surface area contributed by atoms with E-state index in [0.717, 1.165) is 16.2 Å². The molecule has 0 aliphatic heterocycles. The maximum atomic E-state index is 13.8. The highest BCUT2D eigenvalue weighted by molar-refractivity contribution is 7.46. The summed E-state index contributed by atoms with van der Waals surface area (Å²) in [6.07, 6.45) is -4.44. The van der Waals surface area contributed by atoms with Crippen LogP contribution in [0, 0.1) is 25.2 Å². The molecular weight excluding hydrogens is 582 g/mol. The van der Waals surface area contributed by atoms with E-state index in [0.29, 0.717) is 22.1 Å². The van der Waals surface area contributed by atoms with E-state index in [1.807, 2.05) is 13.0 Å². The normalized spacial score (nSPS) is 11.8. The van der Waals surface area contributed by atoms with Crippen molar-refractivity contribution in [3.8, 4) is 28.7 Å². The first-order chi connectivity index (χ1) is 19.6. The Morgan fingerprint density at radius 3 is 2.33 bits per heavy atom. The first-order valence-electron chi connectivity index (χ1n) is 11.9. The highest BCUT2D eigenvalue weighted by atomic mass is 31.2. The molecule has 4 rings (SSSR count). The SMILES string of the molecule is Cc1ccc(-c2cc(Cn3cnc(C(F)(F)F)c(Oc4cc(C)cc(C#N)c4)c3=O)nn(COP(=O)(O)O)c2=O)cc1. The van der Waals surface area contributed by atoms with Crippen LogP contribution in [0.25, 0.3) is 11.1 Å². The van der Waals surface area contributed by atoms with E-state index in [2.05, 4.69) is 14.6 Å². The minimum Gasteiger partial charge on any atom is -0.449 e. The monoisotopic (exact) mass is 603 g/mol. The van der Waals surface area contributed by atoms with Crippen molar-refractivity contribution in [2.45, 2.75) is 33.3 Å². The number of benzene rings is 2. The van der Waals surface area contributed by atoms with Crippen molar-refractivity contribution in [2.75, 3.05) is 0 Å². The predicted molar refractivity (Wildman–Crippen MR) is 140 cm³/mol. The zero-order valence-electron chi connectivity index (χ0n) is 21.9. The molecule has 0 unspecified atom stereocenters. The smallest absolute Gasteiger partial charge is 0.449 e. The van der Waals surface area contributed by atoms with Crippen LogP contribution < -0.4 is 15.9 Å². The van der Waals surface area contributed by atoms with Crippen LogP contribution in [0.15, 0.2) is 64.4 Å². The second kappa shape index (κ2) is 11.7. The third kappa shape index (κ3) is 7.17. The highest BCUT2D eigenvalue weighted by Gasteiger charge is 2.39. The van der Waals surface area contributed by atoms with E-state index in [1.54, 1.807) is 31.2 Å². The number of halogens is 3. The molecule has 42 heavy (non-hydrogen) atoms. The van der Waals surface area contributed by atoms with Crippen LogP contribution in [0.4, 0.5) is 13.2 Å². The van der Waals surface area contributed by atoms with Gasteiger partial charge in [-0.25, -0.2) is 14.2 Å². The van der Waals surface area contributed by atoms with Crippen LogP contribution in [-0.2, 0) is 28.5 Å². The number of phosphoric ester groups is 1. The molecule has 0 saturated carbocycles. The molecule has 0 aliphatic rings. The number of hydrogen-bond donors (Lipinski definition) is 2. The third-order valence-electron chi connectivity index (χ3n) is 5.73. The van der Waals surface area contributed by atoms with Crippen LogP contribution in [-0.4, -0.2) is 29.1 Å². The molecule has 0 aliphatic carbocycles. The molecule has 2 N–H and O–H groups in total. The molecule has 0 atom stereocenters. The van der Waals surface area contributed by atoms with E-state index in [-0.39, 0.29) is 22.6 Å². The van der Waals surface area contributed by atoms with E-state index in [4.69, 9.17) is 14.5 Å². The second-order valence-corrected chi connectivity index (χ2v) is 10.3. The minimum absolute atomic E-state index is 0.0162. The molecule has 0 amide bonds. The molecule has 2 aromatic carbocycles. The molecule has 16 heteroatoms. The summed E-state index contributed by atoms with van der Waals surface area (Å²) in [7, 11) is -5.01. The fourth-order valence-corrected chi connectivity index (χ4v) is 4.13.